The predicted molar refractivity (Wildman–Crippen MR) is 114 cm³/mol. The van der Waals surface area contributed by atoms with Crippen molar-refractivity contribution in [2.24, 2.45) is 18.7 Å². The maximum Gasteiger partial charge on any atom is 0.238 e. The number of carbonyl (C=O) groups excluding carboxylic acids is 1. The zero-order valence-corrected chi connectivity index (χ0v) is 17.0. The molecule has 7 nitrogen and oxygen atoms in total. The normalized spacial score (nSPS) is 20.1. The number of nitrogens with zero attached hydrogens (tertiary/aromatic N) is 4. The van der Waals surface area contributed by atoms with Gasteiger partial charge in [0.15, 0.2) is 0 Å². The first kappa shape index (κ1) is 19.5. The van der Waals surface area contributed by atoms with Crippen LogP contribution in [-0.2, 0) is 18.4 Å². The van der Waals surface area contributed by atoms with Crippen LogP contribution in [0.4, 0.5) is 5.69 Å². The van der Waals surface area contributed by atoms with E-state index < -0.39 is 0 Å². The lowest BCUT2D eigenvalue weighted by atomic mass is 9.83. The molecule has 3 heterocycles. The van der Waals surface area contributed by atoms with Crippen LogP contribution in [0.1, 0.15) is 30.4 Å². The third-order valence-electron chi connectivity index (χ3n) is 5.64. The summed E-state index contributed by atoms with van der Waals surface area (Å²) in [6.45, 7) is 4.90. The molecule has 1 aromatic carbocycles. The molecule has 29 heavy (non-hydrogen) atoms. The lowest BCUT2D eigenvalue weighted by Crippen LogP contribution is -2.42. The average molecular weight is 393 g/mol. The second-order valence-electron chi connectivity index (χ2n) is 8.10. The molecule has 7 heteroatoms. The van der Waals surface area contributed by atoms with Gasteiger partial charge in [0, 0.05) is 44.5 Å². The Morgan fingerprint density at radius 2 is 2.17 bits per heavy atom. The minimum atomic E-state index is -0.00384. The van der Waals surface area contributed by atoms with E-state index in [4.69, 9.17) is 5.73 Å². The molecule has 0 unspecified atom stereocenters. The van der Waals surface area contributed by atoms with Gasteiger partial charge in [-0.2, -0.15) is 5.10 Å². The first-order valence-electron chi connectivity index (χ1n) is 10.1. The van der Waals surface area contributed by atoms with Crippen molar-refractivity contribution in [2.75, 3.05) is 25.0 Å². The molecule has 4 rings (SSSR count). The molecule has 1 saturated heterocycles. The number of amides is 1. The summed E-state index contributed by atoms with van der Waals surface area (Å²) < 4.78 is 1.68. The third-order valence-corrected chi connectivity index (χ3v) is 5.64. The topological polar surface area (TPSA) is 89.1 Å². The van der Waals surface area contributed by atoms with Crippen LogP contribution in [0.2, 0.25) is 0 Å². The second kappa shape index (κ2) is 8.31. The van der Waals surface area contributed by atoms with Gasteiger partial charge in [0.2, 0.25) is 5.91 Å². The van der Waals surface area contributed by atoms with Crippen molar-refractivity contribution >= 4 is 22.5 Å². The summed E-state index contributed by atoms with van der Waals surface area (Å²) in [5.74, 6) is 0.875. The first-order chi connectivity index (χ1) is 14.0. The molecule has 2 atom stereocenters. The number of pyridine rings is 1. The molecule has 152 valence electrons. The van der Waals surface area contributed by atoms with Gasteiger partial charge in [-0.3, -0.25) is 19.4 Å². The Labute approximate surface area is 170 Å². The van der Waals surface area contributed by atoms with E-state index in [0.717, 1.165) is 36.3 Å². The van der Waals surface area contributed by atoms with Gasteiger partial charge in [-0.1, -0.05) is 25.1 Å². The standard InChI is InChI=1S/C22H28N6O/c1-15-8-17(19-6-5-16(9-23)22-20(19)4-3-7-24-22)12-28(11-15)14-21(29)26-18-10-25-27(2)13-18/h3-7,10,13,15,17H,8-9,11-12,14,23H2,1-2H3,(H,26,29)/t15-,17-/m1/s1. The highest BCUT2D eigenvalue weighted by atomic mass is 16.2. The lowest BCUT2D eigenvalue weighted by molar-refractivity contribution is -0.117. The van der Waals surface area contributed by atoms with E-state index in [0.29, 0.717) is 24.9 Å². The van der Waals surface area contributed by atoms with Gasteiger partial charge in [0.25, 0.3) is 0 Å². The molecular weight excluding hydrogens is 364 g/mol. The van der Waals surface area contributed by atoms with Crippen LogP contribution in [0.3, 0.4) is 0 Å². The number of likely N-dealkylation sites (tertiary alicyclic amines) is 1. The molecule has 1 aliphatic heterocycles. The highest BCUT2D eigenvalue weighted by Crippen LogP contribution is 2.34. The summed E-state index contributed by atoms with van der Waals surface area (Å²) in [7, 11) is 1.84. The zero-order chi connectivity index (χ0) is 20.4. The van der Waals surface area contributed by atoms with Gasteiger partial charge in [-0.05, 0) is 35.4 Å². The molecule has 3 aromatic rings. The minimum absolute atomic E-state index is 0.00384. The summed E-state index contributed by atoms with van der Waals surface area (Å²) in [5, 5.41) is 8.21. The largest absolute Gasteiger partial charge is 0.326 e. The van der Waals surface area contributed by atoms with E-state index >= 15 is 0 Å². The van der Waals surface area contributed by atoms with Crippen LogP contribution in [0.15, 0.2) is 42.9 Å². The number of fused-ring (bicyclic) bond motifs is 1. The predicted octanol–water partition coefficient (Wildman–Crippen LogP) is 2.49. The number of anilines is 1. The van der Waals surface area contributed by atoms with Gasteiger partial charge >= 0.3 is 0 Å². The smallest absolute Gasteiger partial charge is 0.238 e. The van der Waals surface area contributed by atoms with Gasteiger partial charge < -0.3 is 11.1 Å². The number of nitrogens with two attached hydrogens (primary N) is 1. The summed E-state index contributed by atoms with van der Waals surface area (Å²) in [6.07, 6.45) is 6.39. The Kier molecular flexibility index (Phi) is 5.60. The molecule has 3 N–H and O–H groups in total. The van der Waals surface area contributed by atoms with E-state index in [9.17, 15) is 4.79 Å². The average Bonchev–Trinajstić information content (AvgIpc) is 3.11. The second-order valence-corrected chi connectivity index (χ2v) is 8.10. The van der Waals surface area contributed by atoms with Gasteiger partial charge in [0.1, 0.15) is 0 Å². The number of nitrogens with one attached hydrogen (secondary N) is 1. The summed E-state index contributed by atoms with van der Waals surface area (Å²) in [4.78, 5) is 19.4. The van der Waals surface area contributed by atoms with Crippen molar-refractivity contribution in [1.29, 1.82) is 0 Å². The van der Waals surface area contributed by atoms with Crippen LogP contribution in [0, 0.1) is 5.92 Å². The van der Waals surface area contributed by atoms with Gasteiger partial charge in [-0.15, -0.1) is 0 Å². The monoisotopic (exact) mass is 392 g/mol. The fourth-order valence-corrected chi connectivity index (χ4v) is 4.48. The van der Waals surface area contributed by atoms with Crippen LogP contribution >= 0.6 is 0 Å². The van der Waals surface area contributed by atoms with E-state index in [1.165, 1.54) is 10.9 Å². The Bertz CT molecular complexity index is 1010. The number of carbonyl (C=O) groups is 1. The SMILES string of the molecule is C[C@@H]1C[C@@H](c2ccc(CN)c3ncccc23)CN(CC(=O)Nc2cnn(C)c2)C1. The zero-order valence-electron chi connectivity index (χ0n) is 17.0. The Morgan fingerprint density at radius 1 is 1.31 bits per heavy atom. The molecule has 2 aromatic heterocycles. The molecule has 0 spiro atoms. The number of hydrogen-bond donors (Lipinski definition) is 2. The maximum absolute atomic E-state index is 12.5. The van der Waals surface area contributed by atoms with Crippen LogP contribution < -0.4 is 11.1 Å². The van der Waals surface area contributed by atoms with Crippen molar-refractivity contribution in [1.82, 2.24) is 19.7 Å². The number of piperidine rings is 1. The Morgan fingerprint density at radius 3 is 2.93 bits per heavy atom. The minimum Gasteiger partial charge on any atom is -0.326 e. The highest BCUT2D eigenvalue weighted by Gasteiger charge is 2.28. The summed E-state index contributed by atoms with van der Waals surface area (Å²) >= 11 is 0. The molecule has 0 bridgehead atoms. The maximum atomic E-state index is 12.5. The highest BCUT2D eigenvalue weighted by molar-refractivity contribution is 5.92. The fraction of sp³-hybridized carbons (Fsp3) is 0.409. The van der Waals surface area contributed by atoms with Crippen LogP contribution in [0.25, 0.3) is 10.9 Å². The molecular formula is C22H28N6O. The molecule has 0 radical (unpaired) electrons. The molecule has 0 aliphatic carbocycles. The van der Waals surface area contributed by atoms with Crippen LogP contribution in [-0.4, -0.2) is 45.2 Å². The van der Waals surface area contributed by atoms with Gasteiger partial charge in [0.05, 0.1) is 23.9 Å². The van der Waals surface area contributed by atoms with Crippen LogP contribution in [0.5, 0.6) is 0 Å². The van der Waals surface area contributed by atoms with Crippen molar-refractivity contribution in [3.8, 4) is 0 Å². The first-order valence-corrected chi connectivity index (χ1v) is 10.1. The van der Waals surface area contributed by atoms with E-state index in [1.807, 2.05) is 19.3 Å². The molecule has 0 saturated carbocycles. The number of rotatable bonds is 5. The van der Waals surface area contributed by atoms with Crippen molar-refractivity contribution in [2.45, 2.75) is 25.8 Å². The molecule has 1 fully saturated rings. The number of aromatic nitrogens is 3. The number of benzene rings is 1. The number of hydrogen-bond acceptors (Lipinski definition) is 5. The summed E-state index contributed by atoms with van der Waals surface area (Å²) in [5.41, 5.74) is 10.0. The quantitative estimate of drug-likeness (QED) is 0.696. The number of aryl methyl sites for hydroxylation is 1. The van der Waals surface area contributed by atoms with Gasteiger partial charge in [-0.25, -0.2) is 0 Å². The van der Waals surface area contributed by atoms with Crippen molar-refractivity contribution < 1.29 is 4.79 Å². The van der Waals surface area contributed by atoms with Crippen molar-refractivity contribution in [3.05, 3.63) is 54.0 Å². The van der Waals surface area contributed by atoms with Crippen molar-refractivity contribution in [3.63, 3.8) is 0 Å². The summed E-state index contributed by atoms with van der Waals surface area (Å²) in [6, 6.07) is 8.42. The molecule has 1 amide bonds. The third kappa shape index (κ3) is 4.31. The van der Waals surface area contributed by atoms with E-state index in [-0.39, 0.29) is 5.91 Å². The lowest BCUT2D eigenvalue weighted by Gasteiger charge is -2.36. The Balaban J connectivity index is 1.52. The Hall–Kier alpha value is -2.77. The van der Waals surface area contributed by atoms with E-state index in [1.54, 1.807) is 17.1 Å². The molecule has 1 aliphatic rings. The van der Waals surface area contributed by atoms with E-state index in [2.05, 4.69) is 45.4 Å². The fourth-order valence-electron chi connectivity index (χ4n) is 4.48.